The molecule has 1 atom stereocenters. The maximum Gasteiger partial charge on any atom is 0.0574 e. The summed E-state index contributed by atoms with van der Waals surface area (Å²) in [6.45, 7) is 12.9. The minimum Gasteiger partial charge on any atom is -0.393 e. The molecule has 1 aromatic carbocycles. The number of aliphatic hydroxyl groups excluding tert-OH is 1. The lowest BCUT2D eigenvalue weighted by atomic mass is 10.0. The number of hydrogen-bond donors (Lipinski definition) is 2. The number of nitrogens with one attached hydrogen (secondary N) is 1. The Kier molecular flexibility index (Phi) is 7.34. The predicted molar refractivity (Wildman–Crippen MR) is 98.1 cm³/mol. The molecule has 1 heterocycles. The van der Waals surface area contributed by atoms with Crippen molar-refractivity contribution in [3.63, 3.8) is 0 Å². The molecule has 1 fully saturated rings. The molecule has 1 aliphatic heterocycles. The molecule has 1 aliphatic rings. The quantitative estimate of drug-likeness (QED) is 0.773. The first-order valence-electron chi connectivity index (χ1n) is 9.12. The standard InChI is InChI=1S/C19H33N3O/c1-4-21(5-2)15-12-20-16(3)17-6-8-18(9-7-17)22-13-10-19(23)11-14-22/h6-9,16,19-20,23H,4-5,10-15H2,1-3H3. The minimum absolute atomic E-state index is 0.111. The molecule has 4 heteroatoms. The number of rotatable bonds is 8. The molecule has 4 nitrogen and oxygen atoms in total. The van der Waals surface area contributed by atoms with E-state index in [0.717, 1.165) is 52.1 Å². The van der Waals surface area contributed by atoms with Crippen molar-refractivity contribution in [2.75, 3.05) is 44.2 Å². The van der Waals surface area contributed by atoms with Crippen LogP contribution in [0.4, 0.5) is 5.69 Å². The van der Waals surface area contributed by atoms with Crippen LogP contribution in [0.2, 0.25) is 0 Å². The van der Waals surface area contributed by atoms with Gasteiger partial charge in [0.25, 0.3) is 0 Å². The third kappa shape index (κ3) is 5.48. The molecule has 23 heavy (non-hydrogen) atoms. The van der Waals surface area contributed by atoms with Crippen molar-refractivity contribution in [1.29, 1.82) is 0 Å². The topological polar surface area (TPSA) is 38.7 Å². The number of nitrogens with zero attached hydrogens (tertiary/aromatic N) is 2. The Balaban J connectivity index is 1.81. The summed E-state index contributed by atoms with van der Waals surface area (Å²) < 4.78 is 0. The van der Waals surface area contributed by atoms with Gasteiger partial charge in [0.05, 0.1) is 6.10 Å². The average molecular weight is 319 g/mol. The Morgan fingerprint density at radius 2 is 1.78 bits per heavy atom. The van der Waals surface area contributed by atoms with E-state index in [9.17, 15) is 5.11 Å². The van der Waals surface area contributed by atoms with Crippen molar-refractivity contribution in [1.82, 2.24) is 10.2 Å². The third-order valence-corrected chi connectivity index (χ3v) is 5.00. The molecular formula is C19H33N3O. The molecule has 0 radical (unpaired) electrons. The third-order valence-electron chi connectivity index (χ3n) is 5.00. The highest BCUT2D eigenvalue weighted by atomic mass is 16.3. The molecule has 0 bridgehead atoms. The van der Waals surface area contributed by atoms with Crippen LogP contribution in [0, 0.1) is 0 Å². The number of anilines is 1. The van der Waals surface area contributed by atoms with Crippen LogP contribution in [0.1, 0.15) is 45.2 Å². The average Bonchev–Trinajstić information content (AvgIpc) is 2.59. The number of aliphatic hydroxyl groups is 1. The SMILES string of the molecule is CCN(CC)CCNC(C)c1ccc(N2CCC(O)CC2)cc1. The van der Waals surface area contributed by atoms with E-state index in [1.165, 1.54) is 11.3 Å². The zero-order chi connectivity index (χ0) is 16.7. The number of benzene rings is 1. The van der Waals surface area contributed by atoms with E-state index >= 15 is 0 Å². The van der Waals surface area contributed by atoms with Crippen molar-refractivity contribution < 1.29 is 5.11 Å². The van der Waals surface area contributed by atoms with Gasteiger partial charge in [-0.25, -0.2) is 0 Å². The van der Waals surface area contributed by atoms with E-state index in [2.05, 4.69) is 60.2 Å². The minimum atomic E-state index is -0.111. The zero-order valence-corrected chi connectivity index (χ0v) is 15.0. The molecule has 1 saturated heterocycles. The van der Waals surface area contributed by atoms with Crippen molar-refractivity contribution in [2.24, 2.45) is 0 Å². The van der Waals surface area contributed by atoms with E-state index in [4.69, 9.17) is 0 Å². The fourth-order valence-corrected chi connectivity index (χ4v) is 3.19. The molecule has 0 aliphatic carbocycles. The van der Waals surface area contributed by atoms with Crippen LogP contribution in [-0.2, 0) is 0 Å². The highest BCUT2D eigenvalue weighted by Crippen LogP contribution is 2.22. The van der Waals surface area contributed by atoms with Gasteiger partial charge in [0.2, 0.25) is 0 Å². The van der Waals surface area contributed by atoms with Gasteiger partial charge in [0.15, 0.2) is 0 Å². The summed E-state index contributed by atoms with van der Waals surface area (Å²) in [5.41, 5.74) is 2.61. The Hall–Kier alpha value is -1.10. The van der Waals surface area contributed by atoms with Crippen molar-refractivity contribution in [3.05, 3.63) is 29.8 Å². The van der Waals surface area contributed by atoms with E-state index in [-0.39, 0.29) is 6.10 Å². The fraction of sp³-hybridized carbons (Fsp3) is 0.684. The van der Waals surface area contributed by atoms with Crippen LogP contribution in [0.15, 0.2) is 24.3 Å². The van der Waals surface area contributed by atoms with Crippen molar-refractivity contribution in [3.8, 4) is 0 Å². The lowest BCUT2D eigenvalue weighted by Crippen LogP contribution is -2.35. The van der Waals surface area contributed by atoms with Crippen LogP contribution in [0.25, 0.3) is 0 Å². The van der Waals surface area contributed by atoms with Gasteiger partial charge < -0.3 is 20.2 Å². The summed E-state index contributed by atoms with van der Waals surface area (Å²) in [7, 11) is 0. The molecular weight excluding hydrogens is 286 g/mol. The monoisotopic (exact) mass is 319 g/mol. The van der Waals surface area contributed by atoms with Gasteiger partial charge in [0.1, 0.15) is 0 Å². The number of piperidine rings is 1. The summed E-state index contributed by atoms with van der Waals surface area (Å²) in [5, 5.41) is 13.2. The summed E-state index contributed by atoms with van der Waals surface area (Å²) in [6, 6.07) is 9.28. The van der Waals surface area contributed by atoms with Gasteiger partial charge in [0, 0.05) is 37.9 Å². The number of hydrogen-bond acceptors (Lipinski definition) is 4. The first-order chi connectivity index (χ1) is 11.1. The Bertz CT molecular complexity index is 436. The van der Waals surface area contributed by atoms with Gasteiger partial charge in [-0.15, -0.1) is 0 Å². The number of likely N-dealkylation sites (N-methyl/N-ethyl adjacent to an activating group) is 1. The van der Waals surface area contributed by atoms with Gasteiger partial charge in [-0.2, -0.15) is 0 Å². The largest absolute Gasteiger partial charge is 0.393 e. The second kappa shape index (κ2) is 9.26. The van der Waals surface area contributed by atoms with Gasteiger partial charge in [-0.05, 0) is 50.6 Å². The summed E-state index contributed by atoms with van der Waals surface area (Å²) in [6.07, 6.45) is 1.65. The zero-order valence-electron chi connectivity index (χ0n) is 15.0. The highest BCUT2D eigenvalue weighted by Gasteiger charge is 2.17. The van der Waals surface area contributed by atoms with Crippen LogP contribution < -0.4 is 10.2 Å². The first-order valence-corrected chi connectivity index (χ1v) is 9.12. The molecule has 0 aromatic heterocycles. The second-order valence-electron chi connectivity index (χ2n) is 6.51. The van der Waals surface area contributed by atoms with Crippen LogP contribution in [-0.4, -0.2) is 55.4 Å². The first kappa shape index (κ1) is 18.2. The summed E-state index contributed by atoms with van der Waals surface area (Å²) >= 11 is 0. The highest BCUT2D eigenvalue weighted by molar-refractivity contribution is 5.48. The lowest BCUT2D eigenvalue weighted by molar-refractivity contribution is 0.145. The maximum atomic E-state index is 9.61. The summed E-state index contributed by atoms with van der Waals surface area (Å²) in [4.78, 5) is 4.81. The predicted octanol–water partition coefficient (Wildman–Crippen LogP) is 2.64. The molecule has 1 aromatic rings. The molecule has 130 valence electrons. The molecule has 0 spiro atoms. The van der Waals surface area contributed by atoms with Gasteiger partial charge >= 0.3 is 0 Å². The normalized spacial score (nSPS) is 17.7. The maximum absolute atomic E-state index is 9.61. The molecule has 0 amide bonds. The van der Waals surface area contributed by atoms with Crippen LogP contribution >= 0.6 is 0 Å². The van der Waals surface area contributed by atoms with E-state index in [0.29, 0.717) is 6.04 Å². The Morgan fingerprint density at radius 1 is 1.17 bits per heavy atom. The summed E-state index contributed by atoms with van der Waals surface area (Å²) in [5.74, 6) is 0. The fourth-order valence-electron chi connectivity index (χ4n) is 3.19. The van der Waals surface area contributed by atoms with Gasteiger partial charge in [-0.3, -0.25) is 0 Å². The lowest BCUT2D eigenvalue weighted by Gasteiger charge is -2.31. The van der Waals surface area contributed by atoms with E-state index in [1.54, 1.807) is 0 Å². The van der Waals surface area contributed by atoms with Gasteiger partial charge in [-0.1, -0.05) is 26.0 Å². The van der Waals surface area contributed by atoms with Crippen LogP contribution in [0.5, 0.6) is 0 Å². The second-order valence-corrected chi connectivity index (χ2v) is 6.51. The van der Waals surface area contributed by atoms with Crippen molar-refractivity contribution in [2.45, 2.75) is 45.8 Å². The molecule has 1 unspecified atom stereocenters. The van der Waals surface area contributed by atoms with E-state index < -0.39 is 0 Å². The molecule has 2 N–H and O–H groups in total. The Morgan fingerprint density at radius 3 is 2.35 bits per heavy atom. The molecule has 2 rings (SSSR count). The Labute approximate surface area is 141 Å². The smallest absolute Gasteiger partial charge is 0.0574 e. The van der Waals surface area contributed by atoms with Crippen LogP contribution in [0.3, 0.4) is 0 Å². The molecule has 0 saturated carbocycles. The van der Waals surface area contributed by atoms with E-state index in [1.807, 2.05) is 0 Å². The van der Waals surface area contributed by atoms with Crippen molar-refractivity contribution >= 4 is 5.69 Å².